The van der Waals surface area contributed by atoms with E-state index in [1.165, 1.54) is 0 Å². The molecule has 2 aliphatic rings. The van der Waals surface area contributed by atoms with Crippen molar-refractivity contribution in [1.29, 1.82) is 0 Å². The molecule has 1 amide bonds. The van der Waals surface area contributed by atoms with Crippen LogP contribution >= 0.6 is 0 Å². The molecule has 10 nitrogen and oxygen atoms in total. The van der Waals surface area contributed by atoms with Gasteiger partial charge in [-0.1, -0.05) is 36.4 Å². The number of halogens is 1. The van der Waals surface area contributed by atoms with E-state index < -0.39 is 0 Å². The minimum Gasteiger partial charge on any atom is -0.383 e. The van der Waals surface area contributed by atoms with Gasteiger partial charge in [-0.2, -0.15) is 5.10 Å². The van der Waals surface area contributed by atoms with Crippen molar-refractivity contribution >= 4 is 11.7 Å². The van der Waals surface area contributed by atoms with Gasteiger partial charge in [0.15, 0.2) is 0 Å². The van der Waals surface area contributed by atoms with Gasteiger partial charge in [0.2, 0.25) is 0 Å². The predicted octanol–water partition coefficient (Wildman–Crippen LogP) is 2.90. The Morgan fingerprint density at radius 1 is 1.00 bits per heavy atom. The highest BCUT2D eigenvalue weighted by Crippen LogP contribution is 2.25. The van der Waals surface area contributed by atoms with Crippen molar-refractivity contribution in [2.75, 3.05) is 52.0 Å². The first-order chi connectivity index (χ1) is 21.3. The third-order valence-electron chi connectivity index (χ3n) is 8.47. The molecular formula is C33H39FN8O2. The number of aromatic nitrogens is 3. The Bertz CT molecular complexity index is 1600. The first-order valence-electron chi connectivity index (χ1n) is 15.0. The number of hydrogen-bond acceptors (Lipinski definition) is 8. The van der Waals surface area contributed by atoms with E-state index in [4.69, 9.17) is 10.5 Å². The Hall–Kier alpha value is -4.16. The second-order valence-electron chi connectivity index (χ2n) is 11.7. The van der Waals surface area contributed by atoms with Crippen molar-refractivity contribution in [1.82, 2.24) is 35.2 Å². The standard InChI is InChI=1S/C33H39FN8O2/c1-40-9-11-42(12-10-40)20-25-8-7-24(14-29(25)34)23-5-3-22(4-6-23)21-44-31-18-36-17-30(31)39-33(43)28-13-26(15-37-32(28)35)27-16-38-41(2)19-27/h3-8,13-16,19,30-31,36H,9-12,17-18,20-21H2,1-2H3,(H2,35,37)(H,39,43)/t30?,31-/m0/s1. The molecule has 4 heterocycles. The monoisotopic (exact) mass is 598 g/mol. The molecule has 11 heteroatoms. The van der Waals surface area contributed by atoms with Gasteiger partial charge >= 0.3 is 0 Å². The molecule has 0 aliphatic carbocycles. The van der Waals surface area contributed by atoms with Crippen LogP contribution in [0.2, 0.25) is 0 Å². The normalized spacial score (nSPS) is 19.3. The molecule has 1 unspecified atom stereocenters. The van der Waals surface area contributed by atoms with Gasteiger partial charge in [0.05, 0.1) is 30.5 Å². The van der Waals surface area contributed by atoms with E-state index in [2.05, 4.69) is 37.6 Å². The van der Waals surface area contributed by atoms with Crippen molar-refractivity contribution in [3.63, 3.8) is 0 Å². The first-order valence-corrected chi connectivity index (χ1v) is 15.0. The molecule has 2 aliphatic heterocycles. The van der Waals surface area contributed by atoms with Crippen LogP contribution in [0.4, 0.5) is 10.2 Å². The van der Waals surface area contributed by atoms with Gasteiger partial charge < -0.3 is 26.0 Å². The highest BCUT2D eigenvalue weighted by atomic mass is 19.1. The van der Waals surface area contributed by atoms with Crippen LogP contribution in [-0.4, -0.2) is 88.9 Å². The second-order valence-corrected chi connectivity index (χ2v) is 11.7. The van der Waals surface area contributed by atoms with Crippen molar-refractivity contribution in [2.45, 2.75) is 25.3 Å². The van der Waals surface area contributed by atoms with Gasteiger partial charge in [-0.3, -0.25) is 14.4 Å². The van der Waals surface area contributed by atoms with Crippen LogP contribution in [0, 0.1) is 5.82 Å². The Balaban J connectivity index is 1.04. The van der Waals surface area contributed by atoms with Gasteiger partial charge in [0.25, 0.3) is 5.91 Å². The lowest BCUT2D eigenvalue weighted by molar-refractivity contribution is 0.0358. The number of amides is 1. The summed E-state index contributed by atoms with van der Waals surface area (Å²) in [6.45, 7) is 6.16. The molecule has 2 fully saturated rings. The smallest absolute Gasteiger partial charge is 0.255 e. The number of ether oxygens (including phenoxy) is 1. The number of likely N-dealkylation sites (N-methyl/N-ethyl adjacent to an activating group) is 1. The molecule has 0 spiro atoms. The molecule has 44 heavy (non-hydrogen) atoms. The summed E-state index contributed by atoms with van der Waals surface area (Å²) >= 11 is 0. The molecule has 230 valence electrons. The van der Waals surface area contributed by atoms with Crippen LogP contribution in [0.3, 0.4) is 0 Å². The molecule has 0 bridgehead atoms. The lowest BCUT2D eigenvalue weighted by atomic mass is 10.0. The van der Waals surface area contributed by atoms with E-state index in [9.17, 15) is 9.18 Å². The fraction of sp³-hybridized carbons (Fsp3) is 0.364. The third kappa shape index (κ3) is 6.97. The van der Waals surface area contributed by atoms with Gasteiger partial charge in [-0.05, 0) is 35.9 Å². The largest absolute Gasteiger partial charge is 0.383 e. The van der Waals surface area contributed by atoms with Gasteiger partial charge in [-0.15, -0.1) is 0 Å². The van der Waals surface area contributed by atoms with Crippen molar-refractivity contribution in [3.8, 4) is 22.3 Å². The van der Waals surface area contributed by atoms with E-state index in [0.717, 1.165) is 59.6 Å². The van der Waals surface area contributed by atoms with Crippen LogP contribution in [0.15, 0.2) is 67.1 Å². The Morgan fingerprint density at radius 2 is 1.77 bits per heavy atom. The van der Waals surface area contributed by atoms with Crippen LogP contribution in [0.5, 0.6) is 0 Å². The number of anilines is 1. The SMILES string of the molecule is CN1CCN(Cc2ccc(-c3ccc(CO[C@H]4CNCC4NC(=O)c4cc(-c5cnn(C)c5)cnc4N)cc3)cc2F)CC1. The summed E-state index contributed by atoms with van der Waals surface area (Å²) in [4.78, 5) is 22.0. The van der Waals surface area contributed by atoms with E-state index in [0.29, 0.717) is 31.8 Å². The minimum absolute atomic E-state index is 0.169. The van der Waals surface area contributed by atoms with Crippen LogP contribution in [0.1, 0.15) is 21.5 Å². The Labute approximate surface area is 257 Å². The molecule has 2 aromatic heterocycles. The number of nitrogens with one attached hydrogen (secondary N) is 2. The van der Waals surface area contributed by atoms with E-state index in [1.807, 2.05) is 49.6 Å². The summed E-state index contributed by atoms with van der Waals surface area (Å²) in [6, 6.07) is 15.0. The number of rotatable bonds is 9. The highest BCUT2D eigenvalue weighted by molar-refractivity contribution is 5.99. The summed E-state index contributed by atoms with van der Waals surface area (Å²) in [5, 5.41) is 10.6. The maximum Gasteiger partial charge on any atom is 0.255 e. The molecule has 2 saturated heterocycles. The average Bonchev–Trinajstić information content (AvgIpc) is 3.67. The average molecular weight is 599 g/mol. The van der Waals surface area contributed by atoms with Crippen molar-refractivity contribution < 1.29 is 13.9 Å². The number of nitrogens with zero attached hydrogens (tertiary/aromatic N) is 5. The first kappa shape index (κ1) is 29.9. The maximum atomic E-state index is 15.0. The highest BCUT2D eigenvalue weighted by Gasteiger charge is 2.30. The van der Waals surface area contributed by atoms with E-state index in [-0.39, 0.29) is 29.7 Å². The third-order valence-corrected chi connectivity index (χ3v) is 8.47. The van der Waals surface area contributed by atoms with Crippen molar-refractivity contribution in [2.24, 2.45) is 7.05 Å². The number of aryl methyl sites for hydroxylation is 1. The van der Waals surface area contributed by atoms with E-state index >= 15 is 0 Å². The van der Waals surface area contributed by atoms with Crippen LogP contribution in [0.25, 0.3) is 22.3 Å². The second kappa shape index (κ2) is 13.2. The summed E-state index contributed by atoms with van der Waals surface area (Å²) in [7, 11) is 3.95. The minimum atomic E-state index is -0.297. The molecular weight excluding hydrogens is 559 g/mol. The maximum absolute atomic E-state index is 15.0. The Morgan fingerprint density at radius 3 is 2.50 bits per heavy atom. The fourth-order valence-corrected chi connectivity index (χ4v) is 5.70. The fourth-order valence-electron chi connectivity index (χ4n) is 5.70. The zero-order valence-electron chi connectivity index (χ0n) is 25.2. The summed E-state index contributed by atoms with van der Waals surface area (Å²) in [5.74, 6) is -0.297. The summed E-state index contributed by atoms with van der Waals surface area (Å²) in [5.41, 5.74) is 11.5. The summed E-state index contributed by atoms with van der Waals surface area (Å²) < 4.78 is 22.9. The molecule has 2 aromatic carbocycles. The molecule has 4 N–H and O–H groups in total. The number of benzene rings is 2. The van der Waals surface area contributed by atoms with Crippen LogP contribution in [-0.2, 0) is 24.9 Å². The number of piperazine rings is 1. The Kier molecular flexibility index (Phi) is 8.99. The zero-order chi connectivity index (χ0) is 30.6. The lowest BCUT2D eigenvalue weighted by Gasteiger charge is -2.32. The van der Waals surface area contributed by atoms with Gasteiger partial charge in [0, 0.05) is 81.9 Å². The quantitative estimate of drug-likeness (QED) is 0.270. The lowest BCUT2D eigenvalue weighted by Crippen LogP contribution is -2.44. The zero-order valence-corrected chi connectivity index (χ0v) is 25.2. The van der Waals surface area contributed by atoms with Gasteiger partial charge in [-0.25, -0.2) is 9.37 Å². The number of pyridine rings is 1. The topological polar surface area (TPSA) is 114 Å². The molecule has 6 rings (SSSR count). The molecule has 0 radical (unpaired) electrons. The summed E-state index contributed by atoms with van der Waals surface area (Å²) in [6.07, 6.45) is 5.00. The molecule has 4 aromatic rings. The van der Waals surface area contributed by atoms with Crippen molar-refractivity contribution in [3.05, 3.63) is 89.6 Å². The molecule has 2 atom stereocenters. The van der Waals surface area contributed by atoms with Crippen LogP contribution < -0.4 is 16.4 Å². The molecule has 0 saturated carbocycles. The number of nitrogens with two attached hydrogens (primary N) is 1. The van der Waals surface area contributed by atoms with Gasteiger partial charge in [0.1, 0.15) is 11.6 Å². The number of hydrogen-bond donors (Lipinski definition) is 3. The number of nitrogen functional groups attached to an aromatic ring is 1. The number of carbonyl (C=O) groups is 1. The number of carbonyl (C=O) groups excluding carboxylic acids is 1. The van der Waals surface area contributed by atoms with E-state index in [1.54, 1.807) is 29.2 Å². The predicted molar refractivity (Wildman–Crippen MR) is 168 cm³/mol.